The van der Waals surface area contributed by atoms with Crippen LogP contribution >= 0.6 is 0 Å². The summed E-state index contributed by atoms with van der Waals surface area (Å²) in [6, 6.07) is 0. The van der Waals surface area contributed by atoms with Gasteiger partial charge in [-0.2, -0.15) is 12.7 Å². The normalized spacial score (nSPS) is 15.4. The van der Waals surface area contributed by atoms with E-state index in [1.807, 2.05) is 0 Å². The van der Waals surface area contributed by atoms with Crippen LogP contribution < -0.4 is 5.45 Å². The van der Waals surface area contributed by atoms with Crippen molar-refractivity contribution in [2.75, 3.05) is 14.1 Å². The van der Waals surface area contributed by atoms with Gasteiger partial charge in [0.05, 0.1) is 11.8 Å². The molecule has 0 aliphatic rings. The molecule has 22 heavy (non-hydrogen) atoms. The molecule has 0 spiro atoms. The molecule has 6 nitrogen and oxygen atoms in total. The van der Waals surface area contributed by atoms with Gasteiger partial charge in [0.1, 0.15) is 13.5 Å². The Morgan fingerprint density at radius 2 is 1.86 bits per heavy atom. The van der Waals surface area contributed by atoms with Crippen molar-refractivity contribution in [2.45, 2.75) is 58.4 Å². The van der Waals surface area contributed by atoms with E-state index < -0.39 is 24.4 Å². The highest BCUT2D eigenvalue weighted by Crippen LogP contribution is 2.35. The Labute approximate surface area is 135 Å². The van der Waals surface area contributed by atoms with Crippen LogP contribution in [-0.2, 0) is 16.6 Å². The van der Waals surface area contributed by atoms with Gasteiger partial charge in [-0.05, 0) is 12.0 Å². The average molecular weight is 348 g/mol. The van der Waals surface area contributed by atoms with Crippen molar-refractivity contribution >= 4 is 23.7 Å². The SMILES string of the molecule is CC(O)Cc1cnc([Si](C)(C)C(C)(C)C)n1S(=O)(=O)N(C)C. The lowest BCUT2D eigenvalue weighted by atomic mass is 10.2. The highest BCUT2D eigenvalue weighted by molar-refractivity contribution is 7.87. The maximum atomic E-state index is 12.8. The molecule has 0 aliphatic heterocycles. The maximum Gasteiger partial charge on any atom is 0.308 e. The first kappa shape index (κ1) is 19.3. The molecule has 1 unspecified atom stereocenters. The molecule has 128 valence electrons. The average Bonchev–Trinajstić information content (AvgIpc) is 2.70. The van der Waals surface area contributed by atoms with E-state index >= 15 is 0 Å². The summed E-state index contributed by atoms with van der Waals surface area (Å²) in [7, 11) is -2.80. The van der Waals surface area contributed by atoms with Gasteiger partial charge in [0, 0.05) is 26.7 Å². The van der Waals surface area contributed by atoms with E-state index in [-0.39, 0.29) is 11.5 Å². The highest BCUT2D eigenvalue weighted by atomic mass is 32.2. The molecule has 1 rings (SSSR count). The number of aromatic nitrogens is 2. The van der Waals surface area contributed by atoms with Crippen LogP contribution in [0.4, 0.5) is 0 Å². The lowest BCUT2D eigenvalue weighted by Gasteiger charge is -2.36. The third-order valence-corrected chi connectivity index (χ3v) is 11.6. The summed E-state index contributed by atoms with van der Waals surface area (Å²) in [6.07, 6.45) is 1.22. The molecule has 0 bridgehead atoms. The Bertz CT molecular complexity index is 628. The number of hydrogen-bond donors (Lipinski definition) is 1. The highest BCUT2D eigenvalue weighted by Gasteiger charge is 2.43. The third kappa shape index (κ3) is 3.45. The van der Waals surface area contributed by atoms with Crippen molar-refractivity contribution in [3.63, 3.8) is 0 Å². The lowest BCUT2D eigenvalue weighted by Crippen LogP contribution is -2.56. The molecule has 1 atom stereocenters. The van der Waals surface area contributed by atoms with Gasteiger partial charge >= 0.3 is 10.2 Å². The zero-order valence-corrected chi connectivity index (χ0v) is 16.7. The first-order valence-corrected chi connectivity index (χ1v) is 11.8. The molecule has 0 aromatic carbocycles. The summed E-state index contributed by atoms with van der Waals surface area (Å²) in [5.41, 5.74) is 1.16. The largest absolute Gasteiger partial charge is 0.393 e. The predicted octanol–water partition coefficient (Wildman–Crippen LogP) is 1.18. The van der Waals surface area contributed by atoms with Gasteiger partial charge in [0.25, 0.3) is 0 Å². The fourth-order valence-electron chi connectivity index (χ4n) is 1.99. The van der Waals surface area contributed by atoms with Crippen molar-refractivity contribution in [1.82, 2.24) is 13.3 Å². The Morgan fingerprint density at radius 3 is 2.23 bits per heavy atom. The Hall–Kier alpha value is -0.703. The molecular formula is C14H29N3O3SSi. The summed E-state index contributed by atoms with van der Waals surface area (Å²) < 4.78 is 28.1. The van der Waals surface area contributed by atoms with Gasteiger partial charge in [-0.1, -0.05) is 33.9 Å². The predicted molar refractivity (Wildman–Crippen MR) is 92.4 cm³/mol. The third-order valence-electron chi connectivity index (χ3n) is 4.42. The molecule has 0 saturated heterocycles. The first-order valence-electron chi connectivity index (χ1n) is 7.41. The molecule has 0 radical (unpaired) electrons. The molecule has 0 saturated carbocycles. The maximum absolute atomic E-state index is 12.8. The van der Waals surface area contributed by atoms with Crippen LogP contribution in [-0.4, -0.2) is 55.1 Å². The van der Waals surface area contributed by atoms with E-state index in [1.54, 1.807) is 13.1 Å². The van der Waals surface area contributed by atoms with Crippen molar-refractivity contribution in [3.8, 4) is 0 Å². The minimum absolute atomic E-state index is 0.0416. The molecule has 1 aromatic heterocycles. The first-order chi connectivity index (χ1) is 9.73. The number of rotatable bonds is 5. The standard InChI is InChI=1S/C14H29N3O3SSi/c1-11(18)9-12-10-15-13(22(7,8)14(2,3)4)17(12)21(19,20)16(5)6/h10-11,18H,9H2,1-8H3. The Kier molecular flexibility index (Phi) is 5.33. The second-order valence-corrected chi connectivity index (χ2v) is 14.7. The van der Waals surface area contributed by atoms with Gasteiger partial charge in [0.15, 0.2) is 0 Å². The Balaban J connectivity index is 3.66. The molecular weight excluding hydrogens is 318 g/mol. The van der Waals surface area contributed by atoms with Crippen LogP contribution in [0, 0.1) is 0 Å². The second kappa shape index (κ2) is 6.07. The minimum atomic E-state index is -3.67. The van der Waals surface area contributed by atoms with Crippen molar-refractivity contribution in [2.24, 2.45) is 0 Å². The van der Waals surface area contributed by atoms with Crippen LogP contribution in [0.15, 0.2) is 6.20 Å². The second-order valence-electron chi connectivity index (χ2n) is 7.56. The fourth-order valence-corrected chi connectivity index (χ4v) is 5.74. The molecule has 0 amide bonds. The molecule has 0 fully saturated rings. The number of imidazole rings is 1. The number of aliphatic hydroxyl groups is 1. The topological polar surface area (TPSA) is 75.4 Å². The van der Waals surface area contributed by atoms with Crippen LogP contribution in [0.5, 0.6) is 0 Å². The monoisotopic (exact) mass is 347 g/mol. The molecule has 8 heteroatoms. The fraction of sp³-hybridized carbons (Fsp3) is 0.786. The molecule has 0 aliphatic carbocycles. The summed E-state index contributed by atoms with van der Waals surface area (Å²) in [5, 5.41) is 9.63. The summed E-state index contributed by atoms with van der Waals surface area (Å²) in [6.45, 7) is 12.3. The molecule has 1 aromatic rings. The van der Waals surface area contributed by atoms with E-state index in [2.05, 4.69) is 38.8 Å². The summed E-state index contributed by atoms with van der Waals surface area (Å²) in [5.74, 6) is 0. The van der Waals surface area contributed by atoms with Crippen molar-refractivity contribution in [3.05, 3.63) is 11.9 Å². The number of nitrogens with zero attached hydrogens (tertiary/aromatic N) is 3. The van der Waals surface area contributed by atoms with Gasteiger partial charge in [-0.15, -0.1) is 0 Å². The lowest BCUT2D eigenvalue weighted by molar-refractivity contribution is 0.194. The van der Waals surface area contributed by atoms with Crippen LogP contribution in [0.25, 0.3) is 0 Å². The minimum Gasteiger partial charge on any atom is -0.393 e. The number of aliphatic hydroxyl groups excluding tert-OH is 1. The summed E-state index contributed by atoms with van der Waals surface area (Å²) >= 11 is 0. The Morgan fingerprint density at radius 1 is 1.36 bits per heavy atom. The van der Waals surface area contributed by atoms with Crippen LogP contribution in [0.2, 0.25) is 18.1 Å². The van der Waals surface area contributed by atoms with E-state index in [0.29, 0.717) is 11.1 Å². The smallest absolute Gasteiger partial charge is 0.308 e. The van der Waals surface area contributed by atoms with E-state index in [9.17, 15) is 13.5 Å². The van der Waals surface area contributed by atoms with E-state index in [0.717, 1.165) is 0 Å². The molecule has 1 N–H and O–H groups in total. The van der Waals surface area contributed by atoms with Crippen molar-refractivity contribution in [1.29, 1.82) is 0 Å². The number of hydrogen-bond acceptors (Lipinski definition) is 4. The zero-order chi connectivity index (χ0) is 17.5. The van der Waals surface area contributed by atoms with Crippen LogP contribution in [0.1, 0.15) is 33.4 Å². The quantitative estimate of drug-likeness (QED) is 0.812. The van der Waals surface area contributed by atoms with Gasteiger partial charge in [0.2, 0.25) is 0 Å². The van der Waals surface area contributed by atoms with Crippen LogP contribution in [0.3, 0.4) is 0 Å². The van der Waals surface area contributed by atoms with E-state index in [4.69, 9.17) is 0 Å². The van der Waals surface area contributed by atoms with Gasteiger partial charge < -0.3 is 5.11 Å². The summed E-state index contributed by atoms with van der Waals surface area (Å²) in [4.78, 5) is 4.46. The van der Waals surface area contributed by atoms with Gasteiger partial charge in [-0.3, -0.25) is 0 Å². The molecule has 1 heterocycles. The zero-order valence-electron chi connectivity index (χ0n) is 14.9. The van der Waals surface area contributed by atoms with Gasteiger partial charge in [-0.25, -0.2) is 8.96 Å². The van der Waals surface area contributed by atoms with Crippen molar-refractivity contribution < 1.29 is 13.5 Å². The van der Waals surface area contributed by atoms with E-state index in [1.165, 1.54) is 22.4 Å².